The van der Waals surface area contributed by atoms with Crippen LogP contribution in [0.2, 0.25) is 0 Å². The number of anilines is 1. The molecule has 180 valence electrons. The molecule has 0 aromatic carbocycles. The summed E-state index contributed by atoms with van der Waals surface area (Å²) in [6, 6.07) is 1.20. The molecule has 3 N–H and O–H groups in total. The number of nitrogens with two attached hydrogens (primary N) is 1. The Balaban J connectivity index is 1.67. The molecule has 1 saturated heterocycles. The predicted octanol–water partition coefficient (Wildman–Crippen LogP) is 4.93. The van der Waals surface area contributed by atoms with Crippen molar-refractivity contribution in [1.29, 1.82) is 0 Å². The first-order valence-corrected chi connectivity index (χ1v) is 11.7. The summed E-state index contributed by atoms with van der Waals surface area (Å²) in [5, 5.41) is 8.92. The molecule has 0 radical (unpaired) electrons. The van der Waals surface area contributed by atoms with Crippen LogP contribution in [-0.4, -0.2) is 32.8 Å². The predicted molar refractivity (Wildman–Crippen MR) is 120 cm³/mol. The van der Waals surface area contributed by atoms with E-state index in [0.717, 1.165) is 37.7 Å². The Bertz CT molecular complexity index is 1310. The molecule has 2 aliphatic carbocycles. The Morgan fingerprint density at radius 3 is 2.38 bits per heavy atom. The van der Waals surface area contributed by atoms with Crippen LogP contribution in [-0.2, 0) is 6.18 Å². The number of fused-ring (bicyclic) bond motifs is 2. The maximum Gasteiger partial charge on any atom is 0.418 e. The fourth-order valence-electron chi connectivity index (χ4n) is 5.69. The lowest BCUT2D eigenvalue weighted by molar-refractivity contribution is -0.137. The molecule has 6 rings (SSSR count). The van der Waals surface area contributed by atoms with E-state index in [2.05, 4.69) is 15.3 Å². The monoisotopic (exact) mass is 474 g/mol. The minimum absolute atomic E-state index is 0.0513. The highest BCUT2D eigenvalue weighted by Crippen LogP contribution is 2.58. The first-order chi connectivity index (χ1) is 16.1. The Hall–Kier alpha value is -2.75. The summed E-state index contributed by atoms with van der Waals surface area (Å²) in [6.07, 6.45) is -3.00. The van der Waals surface area contributed by atoms with Gasteiger partial charge in [-0.15, -0.1) is 0 Å². The quantitative estimate of drug-likeness (QED) is 0.524. The second-order valence-electron chi connectivity index (χ2n) is 10.2. The summed E-state index contributed by atoms with van der Waals surface area (Å²) < 4.78 is 60.1. The second kappa shape index (κ2) is 7.13. The van der Waals surface area contributed by atoms with Gasteiger partial charge in [0, 0.05) is 11.3 Å². The largest absolute Gasteiger partial charge is 0.418 e. The van der Waals surface area contributed by atoms with Crippen molar-refractivity contribution in [1.82, 2.24) is 25.1 Å². The molecular formula is C24H26F4N6. The number of hydrogen-bond acceptors (Lipinski definition) is 5. The molecule has 0 spiro atoms. The maximum absolute atomic E-state index is 16.3. The van der Waals surface area contributed by atoms with Gasteiger partial charge in [0.1, 0.15) is 22.7 Å². The van der Waals surface area contributed by atoms with Gasteiger partial charge in [0.15, 0.2) is 5.82 Å². The number of hydrogen-bond donors (Lipinski definition) is 2. The number of halogens is 4. The van der Waals surface area contributed by atoms with E-state index in [0.29, 0.717) is 22.9 Å². The minimum Gasteiger partial charge on any atom is -0.384 e. The van der Waals surface area contributed by atoms with Crippen LogP contribution in [0, 0.1) is 24.6 Å². The van der Waals surface area contributed by atoms with E-state index in [1.54, 1.807) is 4.68 Å². The molecule has 1 aliphatic heterocycles. The van der Waals surface area contributed by atoms with Crippen LogP contribution >= 0.6 is 0 Å². The standard InChI is InChI=1S/C24H26F4N6/c1-9(2)19-16-20(15-12-7-30-8-13(12)15)33-34(11-4-5-11)23(16)18(25)22(32-19)21-17(24(26,27)28)10(3)6-14(29)31-21/h6,9,11-13,15,30H,4-5,7-8H2,1-3H3,(H2,29,31). The van der Waals surface area contributed by atoms with Crippen molar-refractivity contribution in [3.8, 4) is 11.4 Å². The van der Waals surface area contributed by atoms with E-state index >= 15 is 4.39 Å². The SMILES string of the molecule is Cc1cc(N)nc(-c2nc(C(C)C)c3c(C4C5CNCC54)nn(C4CC4)c3c2F)c1C(F)(F)F. The van der Waals surface area contributed by atoms with Crippen molar-refractivity contribution in [2.45, 2.75) is 57.7 Å². The third-order valence-corrected chi connectivity index (χ3v) is 7.43. The van der Waals surface area contributed by atoms with E-state index < -0.39 is 28.9 Å². The maximum atomic E-state index is 16.3. The van der Waals surface area contributed by atoms with Crippen LogP contribution in [0.5, 0.6) is 0 Å². The van der Waals surface area contributed by atoms with Crippen LogP contribution < -0.4 is 11.1 Å². The molecule has 2 saturated carbocycles. The summed E-state index contributed by atoms with van der Waals surface area (Å²) in [7, 11) is 0. The Morgan fingerprint density at radius 2 is 1.79 bits per heavy atom. The van der Waals surface area contributed by atoms with Gasteiger partial charge in [-0.3, -0.25) is 4.68 Å². The lowest BCUT2D eigenvalue weighted by atomic mass is 9.98. The Morgan fingerprint density at radius 1 is 1.12 bits per heavy atom. The van der Waals surface area contributed by atoms with E-state index in [9.17, 15) is 13.2 Å². The van der Waals surface area contributed by atoms with Crippen LogP contribution in [0.4, 0.5) is 23.4 Å². The van der Waals surface area contributed by atoms with E-state index in [1.165, 1.54) is 6.92 Å². The van der Waals surface area contributed by atoms with Gasteiger partial charge in [-0.05, 0) is 62.2 Å². The molecule has 0 bridgehead atoms. The van der Waals surface area contributed by atoms with Gasteiger partial charge >= 0.3 is 6.18 Å². The zero-order chi connectivity index (χ0) is 24.1. The van der Waals surface area contributed by atoms with Gasteiger partial charge in [0.25, 0.3) is 0 Å². The van der Waals surface area contributed by atoms with Crippen molar-refractivity contribution in [2.75, 3.05) is 18.8 Å². The lowest BCUT2D eigenvalue weighted by Crippen LogP contribution is -2.15. The second-order valence-corrected chi connectivity index (χ2v) is 10.2. The van der Waals surface area contributed by atoms with Crippen molar-refractivity contribution in [3.05, 3.63) is 34.4 Å². The third-order valence-electron chi connectivity index (χ3n) is 7.43. The minimum atomic E-state index is -4.73. The molecule has 3 aromatic heterocycles. The molecule has 2 atom stereocenters. The Labute approximate surface area is 193 Å². The number of alkyl halides is 3. The summed E-state index contributed by atoms with van der Waals surface area (Å²) in [4.78, 5) is 8.47. The van der Waals surface area contributed by atoms with Gasteiger partial charge in [-0.2, -0.15) is 18.3 Å². The topological polar surface area (TPSA) is 81.7 Å². The van der Waals surface area contributed by atoms with Crippen LogP contribution in [0.15, 0.2) is 6.07 Å². The van der Waals surface area contributed by atoms with E-state index in [-0.39, 0.29) is 34.8 Å². The fourth-order valence-corrected chi connectivity index (χ4v) is 5.69. The molecule has 6 nitrogen and oxygen atoms in total. The molecule has 0 amide bonds. The molecule has 34 heavy (non-hydrogen) atoms. The van der Waals surface area contributed by atoms with Crippen molar-refractivity contribution >= 4 is 16.7 Å². The van der Waals surface area contributed by atoms with Crippen molar-refractivity contribution < 1.29 is 17.6 Å². The van der Waals surface area contributed by atoms with Crippen molar-refractivity contribution in [2.24, 2.45) is 11.8 Å². The first kappa shape index (κ1) is 21.8. The summed E-state index contributed by atoms with van der Waals surface area (Å²) in [5.41, 5.74) is 5.35. The number of nitrogens with zero attached hydrogens (tertiary/aromatic N) is 4. The summed E-state index contributed by atoms with van der Waals surface area (Å²) in [5.74, 6) is 0.0872. The highest BCUT2D eigenvalue weighted by Gasteiger charge is 2.56. The van der Waals surface area contributed by atoms with Crippen LogP contribution in [0.1, 0.15) is 67.1 Å². The summed E-state index contributed by atoms with van der Waals surface area (Å²) in [6.45, 7) is 6.94. The van der Waals surface area contributed by atoms with Gasteiger partial charge in [-0.1, -0.05) is 13.8 Å². The lowest BCUT2D eigenvalue weighted by Gasteiger charge is -2.18. The van der Waals surface area contributed by atoms with Gasteiger partial charge < -0.3 is 11.1 Å². The molecule has 3 fully saturated rings. The number of piperidine rings is 1. The van der Waals surface area contributed by atoms with E-state index in [1.807, 2.05) is 13.8 Å². The number of nitrogen functional groups attached to an aromatic ring is 1. The molecule has 2 unspecified atom stereocenters. The van der Waals surface area contributed by atoms with Gasteiger partial charge in [0.05, 0.1) is 23.0 Å². The zero-order valence-electron chi connectivity index (χ0n) is 19.2. The Kier molecular flexibility index (Phi) is 4.56. The van der Waals surface area contributed by atoms with Crippen molar-refractivity contribution in [3.63, 3.8) is 0 Å². The molecule has 4 heterocycles. The molecule has 10 heteroatoms. The molecule has 3 aliphatic rings. The van der Waals surface area contributed by atoms with Crippen LogP contribution in [0.3, 0.4) is 0 Å². The number of pyridine rings is 2. The average Bonchev–Trinajstić information content (AvgIpc) is 3.61. The number of aryl methyl sites for hydroxylation is 1. The van der Waals surface area contributed by atoms with E-state index in [4.69, 9.17) is 10.8 Å². The molecular weight excluding hydrogens is 448 g/mol. The first-order valence-electron chi connectivity index (χ1n) is 11.7. The third kappa shape index (κ3) is 3.14. The molecule has 3 aromatic rings. The smallest absolute Gasteiger partial charge is 0.384 e. The van der Waals surface area contributed by atoms with Gasteiger partial charge in [-0.25, -0.2) is 14.4 Å². The number of aromatic nitrogens is 4. The zero-order valence-corrected chi connectivity index (χ0v) is 19.2. The highest BCUT2D eigenvalue weighted by atomic mass is 19.4. The van der Waals surface area contributed by atoms with Gasteiger partial charge in [0.2, 0.25) is 0 Å². The normalized spacial score (nSPS) is 24.3. The highest BCUT2D eigenvalue weighted by molar-refractivity contribution is 5.90. The average molecular weight is 475 g/mol. The number of nitrogens with one attached hydrogen (secondary N) is 1. The fraction of sp³-hybridized carbons (Fsp3) is 0.542. The summed E-state index contributed by atoms with van der Waals surface area (Å²) >= 11 is 0. The number of rotatable bonds is 4. The van der Waals surface area contributed by atoms with Crippen LogP contribution in [0.25, 0.3) is 22.3 Å².